The lowest BCUT2D eigenvalue weighted by Crippen LogP contribution is -1.97. The molecule has 1 aromatic heterocycles. The fourth-order valence-electron chi connectivity index (χ4n) is 2.43. The van der Waals surface area contributed by atoms with Gasteiger partial charge in [0, 0.05) is 11.8 Å². The number of aromatic nitrogens is 1. The van der Waals surface area contributed by atoms with Crippen LogP contribution in [0.3, 0.4) is 0 Å². The number of hydrogen-bond donors (Lipinski definition) is 0. The molecular formula is C21H33N. The van der Waals surface area contributed by atoms with Gasteiger partial charge in [0.1, 0.15) is 0 Å². The van der Waals surface area contributed by atoms with Gasteiger partial charge >= 0.3 is 0 Å². The molecule has 2 aromatic rings. The second-order valence-corrected chi connectivity index (χ2v) is 5.00. The summed E-state index contributed by atoms with van der Waals surface area (Å²) in [5, 5.41) is 0. The number of rotatable bonds is 4. The zero-order valence-electron chi connectivity index (χ0n) is 15.5. The Bertz CT molecular complexity index is 517. The summed E-state index contributed by atoms with van der Waals surface area (Å²) in [5.74, 6) is 0.591. The van der Waals surface area contributed by atoms with Crippen molar-refractivity contribution in [2.75, 3.05) is 0 Å². The van der Waals surface area contributed by atoms with Gasteiger partial charge in [-0.2, -0.15) is 0 Å². The van der Waals surface area contributed by atoms with E-state index in [9.17, 15) is 0 Å². The monoisotopic (exact) mass is 299 g/mol. The Morgan fingerprint density at radius 1 is 1.00 bits per heavy atom. The molecular weight excluding hydrogens is 266 g/mol. The van der Waals surface area contributed by atoms with Gasteiger partial charge in [-0.15, -0.1) is 0 Å². The van der Waals surface area contributed by atoms with E-state index >= 15 is 0 Å². The smallest absolute Gasteiger partial charge is 0.0707 e. The predicted octanol–water partition coefficient (Wildman–Crippen LogP) is 7.01. The SMILES string of the molecule is CC.CC.CCCC(C)c1ccccc1-c1cc(C)ccn1. The van der Waals surface area contributed by atoms with Gasteiger partial charge in [-0.05, 0) is 42.5 Å². The largest absolute Gasteiger partial charge is 0.256 e. The summed E-state index contributed by atoms with van der Waals surface area (Å²) < 4.78 is 0. The van der Waals surface area contributed by atoms with Crippen LogP contribution in [0.15, 0.2) is 42.6 Å². The molecule has 22 heavy (non-hydrogen) atoms. The minimum absolute atomic E-state index is 0.591. The molecule has 0 N–H and O–H groups in total. The van der Waals surface area contributed by atoms with E-state index in [4.69, 9.17) is 0 Å². The molecule has 1 unspecified atom stereocenters. The Morgan fingerprint density at radius 2 is 1.64 bits per heavy atom. The Labute approximate surface area is 137 Å². The molecule has 1 atom stereocenters. The number of benzene rings is 1. The highest BCUT2D eigenvalue weighted by molar-refractivity contribution is 5.64. The van der Waals surface area contributed by atoms with Crippen LogP contribution in [0.1, 0.15) is 71.4 Å². The Kier molecular flexibility index (Phi) is 11.1. The van der Waals surface area contributed by atoms with E-state index in [1.165, 1.54) is 29.5 Å². The molecule has 0 saturated heterocycles. The molecule has 0 spiro atoms. The minimum Gasteiger partial charge on any atom is -0.256 e. The Hall–Kier alpha value is -1.63. The molecule has 0 aliphatic rings. The summed E-state index contributed by atoms with van der Waals surface area (Å²) in [6, 6.07) is 12.9. The lowest BCUT2D eigenvalue weighted by Gasteiger charge is -2.15. The summed E-state index contributed by atoms with van der Waals surface area (Å²) in [4.78, 5) is 4.51. The molecule has 0 saturated carbocycles. The van der Waals surface area contributed by atoms with E-state index in [-0.39, 0.29) is 0 Å². The van der Waals surface area contributed by atoms with Crippen LogP contribution in [0, 0.1) is 6.92 Å². The van der Waals surface area contributed by atoms with Gasteiger partial charge in [-0.1, -0.05) is 72.2 Å². The fourth-order valence-corrected chi connectivity index (χ4v) is 2.43. The first-order valence-corrected chi connectivity index (χ1v) is 8.74. The second kappa shape index (κ2) is 12.0. The van der Waals surface area contributed by atoms with Crippen LogP contribution < -0.4 is 0 Å². The lowest BCUT2D eigenvalue weighted by molar-refractivity contribution is 0.666. The van der Waals surface area contributed by atoms with E-state index < -0.39 is 0 Å². The van der Waals surface area contributed by atoms with Crippen molar-refractivity contribution in [3.63, 3.8) is 0 Å². The number of hydrogen-bond acceptors (Lipinski definition) is 1. The van der Waals surface area contributed by atoms with Crippen molar-refractivity contribution >= 4 is 0 Å². The summed E-state index contributed by atoms with van der Waals surface area (Å²) in [5.41, 5.74) is 5.05. The van der Waals surface area contributed by atoms with E-state index in [1.807, 2.05) is 40.0 Å². The molecule has 0 fully saturated rings. The molecule has 2 rings (SSSR count). The van der Waals surface area contributed by atoms with Crippen molar-refractivity contribution in [1.29, 1.82) is 0 Å². The first-order valence-electron chi connectivity index (χ1n) is 8.74. The highest BCUT2D eigenvalue weighted by atomic mass is 14.7. The molecule has 122 valence electrons. The summed E-state index contributed by atoms with van der Waals surface area (Å²) in [7, 11) is 0. The van der Waals surface area contributed by atoms with Crippen LogP contribution in [-0.2, 0) is 0 Å². The van der Waals surface area contributed by atoms with E-state index in [2.05, 4.69) is 56.1 Å². The highest BCUT2D eigenvalue weighted by Gasteiger charge is 2.11. The van der Waals surface area contributed by atoms with Crippen LogP contribution in [0.5, 0.6) is 0 Å². The first-order chi connectivity index (χ1) is 10.7. The van der Waals surface area contributed by atoms with E-state index in [0.29, 0.717) is 5.92 Å². The van der Waals surface area contributed by atoms with Crippen molar-refractivity contribution < 1.29 is 0 Å². The maximum Gasteiger partial charge on any atom is 0.0707 e. The number of aryl methyl sites for hydroxylation is 1. The third kappa shape index (κ3) is 6.01. The van der Waals surface area contributed by atoms with Crippen LogP contribution in [-0.4, -0.2) is 4.98 Å². The quantitative estimate of drug-likeness (QED) is 0.591. The van der Waals surface area contributed by atoms with E-state index in [1.54, 1.807) is 0 Å². The zero-order chi connectivity index (χ0) is 17.0. The molecule has 1 heteroatoms. The van der Waals surface area contributed by atoms with Gasteiger partial charge in [-0.3, -0.25) is 4.98 Å². The predicted molar refractivity (Wildman–Crippen MR) is 100 cm³/mol. The molecule has 0 radical (unpaired) electrons. The van der Waals surface area contributed by atoms with Gasteiger partial charge in [0.15, 0.2) is 0 Å². The minimum atomic E-state index is 0.591. The van der Waals surface area contributed by atoms with Crippen LogP contribution in [0.2, 0.25) is 0 Å². The molecule has 1 nitrogen and oxygen atoms in total. The maximum absolute atomic E-state index is 4.51. The van der Waals surface area contributed by atoms with Gasteiger partial charge in [0.25, 0.3) is 0 Å². The molecule has 0 aliphatic carbocycles. The van der Waals surface area contributed by atoms with Crippen molar-refractivity contribution in [2.45, 2.75) is 67.2 Å². The lowest BCUT2D eigenvalue weighted by atomic mass is 9.90. The topological polar surface area (TPSA) is 12.9 Å². The normalized spacial score (nSPS) is 10.7. The first kappa shape index (κ1) is 20.4. The van der Waals surface area contributed by atoms with Crippen molar-refractivity contribution in [3.8, 4) is 11.3 Å². The van der Waals surface area contributed by atoms with Crippen LogP contribution >= 0.6 is 0 Å². The summed E-state index contributed by atoms with van der Waals surface area (Å²) in [6.45, 7) is 14.7. The third-order valence-electron chi connectivity index (χ3n) is 3.40. The average Bonchev–Trinajstić information content (AvgIpc) is 2.59. The molecule has 0 amide bonds. The zero-order valence-corrected chi connectivity index (χ0v) is 15.5. The van der Waals surface area contributed by atoms with Gasteiger partial charge in [0.05, 0.1) is 5.69 Å². The van der Waals surface area contributed by atoms with E-state index in [0.717, 1.165) is 5.69 Å². The standard InChI is InChI=1S/C17H21N.2C2H6/c1-4-7-14(3)15-8-5-6-9-16(15)17-12-13(2)10-11-18-17;2*1-2/h5-6,8-12,14H,4,7H2,1-3H3;2*1-2H3. The molecule has 0 aliphatic heterocycles. The molecule has 1 heterocycles. The summed E-state index contributed by atoms with van der Waals surface area (Å²) >= 11 is 0. The Morgan fingerprint density at radius 3 is 2.23 bits per heavy atom. The molecule has 0 bridgehead atoms. The number of pyridine rings is 1. The van der Waals surface area contributed by atoms with Gasteiger partial charge in [-0.25, -0.2) is 0 Å². The molecule has 1 aromatic carbocycles. The van der Waals surface area contributed by atoms with Gasteiger partial charge < -0.3 is 0 Å². The third-order valence-corrected chi connectivity index (χ3v) is 3.40. The van der Waals surface area contributed by atoms with Crippen molar-refractivity contribution in [3.05, 3.63) is 53.7 Å². The van der Waals surface area contributed by atoms with Crippen LogP contribution in [0.4, 0.5) is 0 Å². The van der Waals surface area contributed by atoms with Gasteiger partial charge in [0.2, 0.25) is 0 Å². The van der Waals surface area contributed by atoms with Crippen molar-refractivity contribution in [1.82, 2.24) is 4.98 Å². The Balaban J connectivity index is 0.00000102. The summed E-state index contributed by atoms with van der Waals surface area (Å²) in [6.07, 6.45) is 4.34. The fraction of sp³-hybridized carbons (Fsp3) is 0.476. The van der Waals surface area contributed by atoms with Crippen LogP contribution in [0.25, 0.3) is 11.3 Å². The highest BCUT2D eigenvalue weighted by Crippen LogP contribution is 2.30. The maximum atomic E-state index is 4.51. The average molecular weight is 300 g/mol. The number of nitrogens with zero attached hydrogens (tertiary/aromatic N) is 1. The second-order valence-electron chi connectivity index (χ2n) is 5.00. The van der Waals surface area contributed by atoms with Crippen molar-refractivity contribution in [2.24, 2.45) is 0 Å².